The van der Waals surface area contributed by atoms with Crippen LogP contribution in [0, 0.1) is 11.7 Å². The summed E-state index contributed by atoms with van der Waals surface area (Å²) in [5.41, 5.74) is -4.78. The average molecular weight is 451 g/mol. The average Bonchev–Trinajstić information content (AvgIpc) is 2.60. The molecule has 0 radical (unpaired) electrons. The summed E-state index contributed by atoms with van der Waals surface area (Å²) < 4.78 is 55.8. The number of halogens is 6. The molecule has 154 valence electrons. The molecule has 0 unspecified atom stereocenters. The minimum atomic E-state index is -5.46. The third-order valence-electron chi connectivity index (χ3n) is 4.53. The first-order valence-corrected chi connectivity index (χ1v) is 8.83. The molecule has 0 bridgehead atoms. The molecule has 1 heterocycles. The van der Waals surface area contributed by atoms with E-state index in [0.717, 1.165) is 18.2 Å². The lowest BCUT2D eigenvalue weighted by molar-refractivity contribution is -0.287. The Bertz CT molecular complexity index is 948. The van der Waals surface area contributed by atoms with Crippen LogP contribution in [0.3, 0.4) is 0 Å². The van der Waals surface area contributed by atoms with E-state index in [1.54, 1.807) is 0 Å². The molecular weight excluding hydrogens is 439 g/mol. The number of alkyl halides is 3. The van der Waals surface area contributed by atoms with E-state index in [9.17, 15) is 32.3 Å². The zero-order valence-corrected chi connectivity index (χ0v) is 15.7. The predicted octanol–water partition coefficient (Wildman–Crippen LogP) is 4.24. The highest BCUT2D eigenvalue weighted by molar-refractivity contribution is 6.31. The molecule has 11 heteroatoms. The normalized spacial score (nSPS) is 24.6. The lowest BCUT2D eigenvalue weighted by Gasteiger charge is -2.45. The van der Waals surface area contributed by atoms with E-state index in [0.29, 0.717) is 0 Å². The van der Waals surface area contributed by atoms with Gasteiger partial charge in [-0.05, 0) is 36.4 Å². The molecule has 0 saturated carbocycles. The summed E-state index contributed by atoms with van der Waals surface area (Å²) in [5, 5.41) is 13.7. The minimum absolute atomic E-state index is 0.219. The Kier molecular flexibility index (Phi) is 5.50. The van der Waals surface area contributed by atoms with Crippen molar-refractivity contribution in [3.63, 3.8) is 0 Å². The lowest BCUT2D eigenvalue weighted by atomic mass is 9.77. The maximum Gasteiger partial charge on any atom is 0.437 e. The van der Waals surface area contributed by atoms with Crippen LogP contribution in [0.15, 0.2) is 42.5 Å². The highest BCUT2D eigenvalue weighted by atomic mass is 35.5. The van der Waals surface area contributed by atoms with Crippen LogP contribution in [-0.4, -0.2) is 28.8 Å². The van der Waals surface area contributed by atoms with Gasteiger partial charge in [0.25, 0.3) is 0 Å². The largest absolute Gasteiger partial charge is 0.437 e. The first kappa shape index (κ1) is 21.4. The molecule has 3 N–H and O–H groups in total. The first-order chi connectivity index (χ1) is 13.5. The number of urea groups is 1. The van der Waals surface area contributed by atoms with Crippen LogP contribution in [0.5, 0.6) is 0 Å². The van der Waals surface area contributed by atoms with Crippen LogP contribution in [0.4, 0.5) is 22.4 Å². The smallest absolute Gasteiger partial charge is 0.363 e. The van der Waals surface area contributed by atoms with Gasteiger partial charge in [-0.3, -0.25) is 4.79 Å². The predicted molar refractivity (Wildman–Crippen MR) is 96.1 cm³/mol. The van der Waals surface area contributed by atoms with Crippen molar-refractivity contribution in [3.8, 4) is 0 Å². The van der Waals surface area contributed by atoms with E-state index in [4.69, 9.17) is 23.2 Å². The highest BCUT2D eigenvalue weighted by Gasteiger charge is 2.66. The third kappa shape index (κ3) is 3.77. The number of benzene rings is 2. The molecule has 2 aromatic carbocycles. The molecule has 5 nitrogen and oxygen atoms in total. The molecule has 0 spiro atoms. The maximum absolute atomic E-state index is 14.5. The Hall–Kier alpha value is -2.36. The van der Waals surface area contributed by atoms with Gasteiger partial charge in [-0.25, -0.2) is 9.18 Å². The van der Waals surface area contributed by atoms with Gasteiger partial charge in [0.2, 0.25) is 5.72 Å². The third-order valence-corrected chi connectivity index (χ3v) is 5.11. The summed E-state index contributed by atoms with van der Waals surface area (Å²) in [7, 11) is 0. The van der Waals surface area contributed by atoms with Crippen molar-refractivity contribution >= 4 is 35.0 Å². The second-order valence-electron chi connectivity index (χ2n) is 6.32. The number of hydrogen-bond acceptors (Lipinski definition) is 3. The molecule has 1 aliphatic heterocycles. The van der Waals surface area contributed by atoms with Crippen LogP contribution < -0.4 is 10.6 Å². The Labute approximate surface area is 171 Å². The zero-order chi connectivity index (χ0) is 21.6. The summed E-state index contributed by atoms with van der Waals surface area (Å²) >= 11 is 11.7. The molecule has 1 saturated heterocycles. The quantitative estimate of drug-likeness (QED) is 0.483. The Morgan fingerprint density at radius 1 is 1.10 bits per heavy atom. The fourth-order valence-corrected chi connectivity index (χ4v) is 3.59. The van der Waals surface area contributed by atoms with Crippen LogP contribution in [0.1, 0.15) is 22.0 Å². The number of amides is 2. The van der Waals surface area contributed by atoms with Crippen LogP contribution in [0.2, 0.25) is 10.0 Å². The van der Waals surface area contributed by atoms with Crippen molar-refractivity contribution in [1.82, 2.24) is 10.6 Å². The van der Waals surface area contributed by atoms with Crippen LogP contribution in [0.25, 0.3) is 0 Å². The topological polar surface area (TPSA) is 78.4 Å². The number of aliphatic hydroxyl groups is 1. The van der Waals surface area contributed by atoms with Gasteiger partial charge < -0.3 is 15.7 Å². The number of ketones is 1. The van der Waals surface area contributed by atoms with Crippen molar-refractivity contribution in [3.05, 3.63) is 69.5 Å². The van der Waals surface area contributed by atoms with Crippen LogP contribution in [-0.2, 0) is 0 Å². The van der Waals surface area contributed by atoms with Crippen molar-refractivity contribution in [2.24, 2.45) is 5.92 Å². The van der Waals surface area contributed by atoms with Crippen molar-refractivity contribution < 1.29 is 32.3 Å². The van der Waals surface area contributed by atoms with E-state index in [-0.39, 0.29) is 15.6 Å². The Morgan fingerprint density at radius 3 is 2.28 bits per heavy atom. The summed E-state index contributed by atoms with van der Waals surface area (Å²) in [4.78, 5) is 24.9. The van der Waals surface area contributed by atoms with Gasteiger partial charge in [0, 0.05) is 21.2 Å². The van der Waals surface area contributed by atoms with Crippen molar-refractivity contribution in [1.29, 1.82) is 0 Å². The van der Waals surface area contributed by atoms with Crippen molar-refractivity contribution in [2.45, 2.75) is 17.9 Å². The van der Waals surface area contributed by atoms with E-state index >= 15 is 0 Å². The number of carbonyl (C=O) groups is 2. The zero-order valence-electron chi connectivity index (χ0n) is 14.2. The molecular formula is C18H12Cl2F4N2O3. The first-order valence-electron chi connectivity index (χ1n) is 8.07. The Morgan fingerprint density at radius 2 is 1.72 bits per heavy atom. The second-order valence-corrected chi connectivity index (χ2v) is 7.17. The van der Waals surface area contributed by atoms with E-state index < -0.39 is 47.1 Å². The van der Waals surface area contributed by atoms with E-state index in [1.807, 2.05) is 0 Å². The number of rotatable bonds is 3. The van der Waals surface area contributed by atoms with Gasteiger partial charge in [-0.1, -0.05) is 29.3 Å². The Balaban J connectivity index is 2.23. The van der Waals surface area contributed by atoms with Gasteiger partial charge in [0.05, 0.1) is 6.04 Å². The molecule has 2 aromatic rings. The molecule has 1 fully saturated rings. The SMILES string of the molecule is O=C1N[C@H](c2c(F)cccc2Cl)[C@@H](C(=O)c2ccc(Cl)cc2)[C@@](O)(C(F)(F)F)N1. The highest BCUT2D eigenvalue weighted by Crippen LogP contribution is 2.45. The van der Waals surface area contributed by atoms with Crippen molar-refractivity contribution in [2.75, 3.05) is 0 Å². The van der Waals surface area contributed by atoms with Gasteiger partial charge in [0.1, 0.15) is 11.7 Å². The molecule has 0 aliphatic carbocycles. The number of Topliss-reactive ketones (excluding diaryl/α,β-unsaturated/α-hetero) is 1. The van der Waals surface area contributed by atoms with Gasteiger partial charge >= 0.3 is 12.2 Å². The minimum Gasteiger partial charge on any atom is -0.363 e. The summed E-state index contributed by atoms with van der Waals surface area (Å²) in [6, 6.07) is 4.77. The fraction of sp³-hybridized carbons (Fsp3) is 0.222. The summed E-state index contributed by atoms with van der Waals surface area (Å²) in [6.45, 7) is 0. The number of nitrogens with one attached hydrogen (secondary N) is 2. The second kappa shape index (κ2) is 7.47. The number of carbonyl (C=O) groups excluding carboxylic acids is 2. The lowest BCUT2D eigenvalue weighted by Crippen LogP contribution is -2.72. The monoisotopic (exact) mass is 450 g/mol. The van der Waals surface area contributed by atoms with Gasteiger partial charge in [-0.2, -0.15) is 13.2 Å². The van der Waals surface area contributed by atoms with E-state index in [1.165, 1.54) is 29.6 Å². The molecule has 3 rings (SSSR count). The van der Waals surface area contributed by atoms with Crippen LogP contribution >= 0.6 is 23.2 Å². The fourth-order valence-electron chi connectivity index (χ4n) is 3.18. The number of hydrogen-bond donors (Lipinski definition) is 3. The van der Waals surface area contributed by atoms with Gasteiger partial charge in [-0.15, -0.1) is 0 Å². The molecule has 1 aliphatic rings. The van der Waals surface area contributed by atoms with Gasteiger partial charge in [0.15, 0.2) is 5.78 Å². The summed E-state index contributed by atoms with van der Waals surface area (Å²) in [6.07, 6.45) is -5.46. The molecule has 0 aromatic heterocycles. The molecule has 29 heavy (non-hydrogen) atoms. The maximum atomic E-state index is 14.5. The standard InChI is InChI=1S/C18H12Cl2F4N2O3/c19-9-6-4-8(5-7-9)15(27)13-14(12-10(20)2-1-3-11(12)21)25-16(28)26-17(13,29)18(22,23)24/h1-7,13-14,29H,(H2,25,26,28)/t13-,14+,17+/m0/s1. The molecule has 2 amide bonds. The molecule has 3 atom stereocenters. The van der Waals surface area contributed by atoms with E-state index in [2.05, 4.69) is 5.32 Å². The summed E-state index contributed by atoms with van der Waals surface area (Å²) in [5.74, 6) is -4.66.